The fourth-order valence-electron chi connectivity index (χ4n) is 1.88. The van der Waals surface area contributed by atoms with Crippen LogP contribution in [0.4, 0.5) is 18.9 Å². The molecule has 19 heavy (non-hydrogen) atoms. The quantitative estimate of drug-likeness (QED) is 0.622. The number of anilines is 1. The highest BCUT2D eigenvalue weighted by Crippen LogP contribution is 2.35. The maximum Gasteiger partial charge on any atom is 0.416 e. The van der Waals surface area contributed by atoms with Crippen molar-refractivity contribution in [2.24, 2.45) is 0 Å². The van der Waals surface area contributed by atoms with Gasteiger partial charge < -0.3 is 9.69 Å². The molecule has 4 nitrogen and oxygen atoms in total. The number of benzene rings is 1. The molecular formula is C12H8F3NO3. The Balaban J connectivity index is 2.44. The number of fused-ring (bicyclic) bond motifs is 1. The number of carbonyl (C=O) groups excluding carboxylic acids is 3. The summed E-state index contributed by atoms with van der Waals surface area (Å²) in [6.07, 6.45) is -3.99. The summed E-state index contributed by atoms with van der Waals surface area (Å²) in [7, 11) is 0. The lowest BCUT2D eigenvalue weighted by atomic mass is 10.1. The molecule has 2 rings (SSSR count). The Morgan fingerprint density at radius 2 is 1.89 bits per heavy atom. The monoisotopic (exact) mass is 271 g/mol. The van der Waals surface area contributed by atoms with Gasteiger partial charge in [0.1, 0.15) is 6.29 Å². The van der Waals surface area contributed by atoms with Crippen LogP contribution in [0.5, 0.6) is 0 Å². The van der Waals surface area contributed by atoms with Crippen LogP contribution >= 0.6 is 0 Å². The normalized spacial score (nSPS) is 14.8. The third-order valence-electron chi connectivity index (χ3n) is 2.77. The van der Waals surface area contributed by atoms with Gasteiger partial charge >= 0.3 is 6.18 Å². The number of halogens is 3. The van der Waals surface area contributed by atoms with Gasteiger partial charge in [-0.15, -0.1) is 0 Å². The number of ketones is 1. The van der Waals surface area contributed by atoms with Crippen molar-refractivity contribution in [3.05, 3.63) is 29.3 Å². The van der Waals surface area contributed by atoms with Crippen molar-refractivity contribution in [2.45, 2.75) is 12.6 Å². The van der Waals surface area contributed by atoms with E-state index in [9.17, 15) is 27.6 Å². The van der Waals surface area contributed by atoms with E-state index in [4.69, 9.17) is 0 Å². The molecule has 1 aromatic rings. The van der Waals surface area contributed by atoms with Crippen LogP contribution in [0.3, 0.4) is 0 Å². The molecule has 0 atom stereocenters. The van der Waals surface area contributed by atoms with Crippen molar-refractivity contribution >= 4 is 23.7 Å². The van der Waals surface area contributed by atoms with Crippen LogP contribution in [0.25, 0.3) is 0 Å². The van der Waals surface area contributed by atoms with Gasteiger partial charge in [0.25, 0.3) is 11.7 Å². The van der Waals surface area contributed by atoms with E-state index in [1.54, 1.807) is 0 Å². The molecule has 0 saturated heterocycles. The number of rotatable bonds is 3. The highest BCUT2D eigenvalue weighted by molar-refractivity contribution is 6.52. The molecule has 0 aromatic heterocycles. The van der Waals surface area contributed by atoms with E-state index in [-0.39, 0.29) is 24.2 Å². The van der Waals surface area contributed by atoms with Crippen LogP contribution in [0, 0.1) is 0 Å². The van der Waals surface area contributed by atoms with Crippen molar-refractivity contribution in [1.82, 2.24) is 0 Å². The van der Waals surface area contributed by atoms with Crippen molar-refractivity contribution < 1.29 is 27.6 Å². The van der Waals surface area contributed by atoms with E-state index in [0.717, 1.165) is 17.0 Å². The highest BCUT2D eigenvalue weighted by atomic mass is 19.4. The van der Waals surface area contributed by atoms with Crippen LogP contribution in [-0.4, -0.2) is 24.5 Å². The second-order valence-corrected chi connectivity index (χ2v) is 3.97. The topological polar surface area (TPSA) is 54.5 Å². The molecule has 1 amide bonds. The van der Waals surface area contributed by atoms with E-state index in [1.165, 1.54) is 0 Å². The lowest BCUT2D eigenvalue weighted by Gasteiger charge is -2.15. The van der Waals surface area contributed by atoms with Gasteiger partial charge in [-0.05, 0) is 18.2 Å². The SMILES string of the molecule is O=CCCN1C(=O)C(=O)c2cc(C(F)(F)F)ccc21. The molecule has 0 fully saturated rings. The minimum Gasteiger partial charge on any atom is -0.304 e. The summed E-state index contributed by atoms with van der Waals surface area (Å²) in [6.45, 7) is -0.0214. The summed E-state index contributed by atoms with van der Waals surface area (Å²) in [4.78, 5) is 34.5. The van der Waals surface area contributed by atoms with Gasteiger partial charge in [-0.2, -0.15) is 13.2 Å². The van der Waals surface area contributed by atoms with Crippen LogP contribution in [-0.2, 0) is 15.8 Å². The molecule has 0 N–H and O–H groups in total. The first-order valence-corrected chi connectivity index (χ1v) is 5.37. The first-order chi connectivity index (χ1) is 8.86. The molecule has 0 saturated carbocycles. The molecule has 1 heterocycles. The Labute approximate surface area is 105 Å². The van der Waals surface area contributed by atoms with Crippen molar-refractivity contribution in [2.75, 3.05) is 11.4 Å². The second kappa shape index (κ2) is 4.49. The Morgan fingerprint density at radius 1 is 1.21 bits per heavy atom. The molecule has 0 radical (unpaired) electrons. The van der Waals surface area contributed by atoms with Crippen molar-refractivity contribution in [3.63, 3.8) is 0 Å². The fourth-order valence-corrected chi connectivity index (χ4v) is 1.88. The molecule has 1 aliphatic heterocycles. The van der Waals surface area contributed by atoms with Crippen LogP contribution < -0.4 is 4.90 Å². The van der Waals surface area contributed by atoms with Crippen LogP contribution in [0.2, 0.25) is 0 Å². The fraction of sp³-hybridized carbons (Fsp3) is 0.250. The molecule has 0 bridgehead atoms. The lowest BCUT2D eigenvalue weighted by Crippen LogP contribution is -2.30. The number of nitrogens with zero attached hydrogens (tertiary/aromatic N) is 1. The standard InChI is InChI=1S/C12H8F3NO3/c13-12(14,15)7-2-3-9-8(6-7)10(18)11(19)16(9)4-1-5-17/h2-3,5-6H,1,4H2. The van der Waals surface area contributed by atoms with E-state index in [0.29, 0.717) is 12.4 Å². The number of amides is 1. The summed E-state index contributed by atoms with van der Waals surface area (Å²) in [6, 6.07) is 2.54. The summed E-state index contributed by atoms with van der Waals surface area (Å²) >= 11 is 0. The van der Waals surface area contributed by atoms with Crippen molar-refractivity contribution in [1.29, 1.82) is 0 Å². The smallest absolute Gasteiger partial charge is 0.304 e. The zero-order valence-corrected chi connectivity index (χ0v) is 9.53. The third kappa shape index (κ3) is 2.23. The average molecular weight is 271 g/mol. The molecule has 0 aliphatic carbocycles. The molecule has 100 valence electrons. The van der Waals surface area contributed by atoms with Crippen molar-refractivity contribution in [3.8, 4) is 0 Å². The Kier molecular flexibility index (Phi) is 3.13. The Bertz CT molecular complexity index is 566. The number of carbonyl (C=O) groups is 3. The number of alkyl halides is 3. The minimum atomic E-state index is -4.57. The first kappa shape index (κ1) is 13.3. The average Bonchev–Trinajstić information content (AvgIpc) is 2.59. The highest BCUT2D eigenvalue weighted by Gasteiger charge is 2.38. The van der Waals surface area contributed by atoms with Gasteiger partial charge in [0, 0.05) is 13.0 Å². The lowest BCUT2D eigenvalue weighted by molar-refractivity contribution is -0.137. The van der Waals surface area contributed by atoms with Crippen LogP contribution in [0.1, 0.15) is 22.3 Å². The summed E-state index contributed by atoms with van der Waals surface area (Å²) < 4.78 is 37.6. The molecular weight excluding hydrogens is 263 g/mol. The van der Waals surface area contributed by atoms with Gasteiger partial charge in [-0.25, -0.2) is 0 Å². The van der Waals surface area contributed by atoms with E-state index < -0.39 is 23.4 Å². The van der Waals surface area contributed by atoms with Gasteiger partial charge in [0.15, 0.2) is 0 Å². The molecule has 0 spiro atoms. The van der Waals surface area contributed by atoms with E-state index in [2.05, 4.69) is 0 Å². The zero-order valence-electron chi connectivity index (χ0n) is 9.53. The predicted molar refractivity (Wildman–Crippen MR) is 58.8 cm³/mol. The number of hydrogen-bond acceptors (Lipinski definition) is 3. The van der Waals surface area contributed by atoms with Gasteiger partial charge in [-0.1, -0.05) is 0 Å². The first-order valence-electron chi connectivity index (χ1n) is 5.37. The Hall–Kier alpha value is -2.18. The third-order valence-corrected chi connectivity index (χ3v) is 2.77. The van der Waals surface area contributed by atoms with E-state index >= 15 is 0 Å². The van der Waals surface area contributed by atoms with Crippen LogP contribution in [0.15, 0.2) is 18.2 Å². The predicted octanol–water partition coefficient (Wildman–Crippen LogP) is 1.82. The van der Waals surface area contributed by atoms with Gasteiger partial charge in [0.2, 0.25) is 0 Å². The number of aldehydes is 1. The zero-order chi connectivity index (χ0) is 14.2. The molecule has 7 heteroatoms. The summed E-state index contributed by atoms with van der Waals surface area (Å²) in [5.41, 5.74) is -1.14. The largest absolute Gasteiger partial charge is 0.416 e. The molecule has 1 aromatic carbocycles. The van der Waals surface area contributed by atoms with E-state index in [1.807, 2.05) is 0 Å². The molecule has 1 aliphatic rings. The van der Waals surface area contributed by atoms with Gasteiger partial charge in [-0.3, -0.25) is 9.59 Å². The minimum absolute atomic E-state index is 0.0134. The molecule has 0 unspecified atom stereocenters. The summed E-state index contributed by atoms with van der Waals surface area (Å²) in [5, 5.41) is 0. The maximum absolute atomic E-state index is 12.5. The maximum atomic E-state index is 12.5. The van der Waals surface area contributed by atoms with Gasteiger partial charge in [0.05, 0.1) is 16.8 Å². The Morgan fingerprint density at radius 3 is 2.47 bits per heavy atom. The second-order valence-electron chi connectivity index (χ2n) is 3.97. The number of hydrogen-bond donors (Lipinski definition) is 0. The number of Topliss-reactive ketones (excluding diaryl/α,β-unsaturated/α-hetero) is 1. The summed E-state index contributed by atoms with van der Waals surface area (Å²) in [5.74, 6) is -1.89.